The van der Waals surface area contributed by atoms with Gasteiger partial charge in [-0.2, -0.15) is 4.98 Å². The summed E-state index contributed by atoms with van der Waals surface area (Å²) < 4.78 is 6.90. The van der Waals surface area contributed by atoms with Crippen molar-refractivity contribution in [2.45, 2.75) is 26.7 Å². The van der Waals surface area contributed by atoms with E-state index in [4.69, 9.17) is 10.5 Å². The molecule has 2 rings (SSSR count). The van der Waals surface area contributed by atoms with Crippen LogP contribution < -0.4 is 10.5 Å². The van der Waals surface area contributed by atoms with Crippen molar-refractivity contribution < 1.29 is 4.74 Å². The summed E-state index contributed by atoms with van der Waals surface area (Å²) in [5.41, 5.74) is 6.69. The second kappa shape index (κ2) is 5.73. The quantitative estimate of drug-likeness (QED) is 0.834. The third-order valence-electron chi connectivity index (χ3n) is 2.72. The average Bonchev–Trinajstić information content (AvgIpc) is 2.37. The zero-order chi connectivity index (χ0) is 14.0. The number of nitrogen functional groups attached to an aromatic ring is 1. The molecule has 0 bridgehead atoms. The molecule has 0 atom stereocenters. The van der Waals surface area contributed by atoms with Crippen molar-refractivity contribution in [1.82, 2.24) is 9.97 Å². The van der Waals surface area contributed by atoms with E-state index in [0.29, 0.717) is 17.5 Å². The molecule has 2 aromatic rings. The normalized spacial score (nSPS) is 10.8. The van der Waals surface area contributed by atoms with Crippen molar-refractivity contribution in [2.75, 3.05) is 5.73 Å². The minimum Gasteiger partial charge on any atom is -0.437 e. The van der Waals surface area contributed by atoms with Gasteiger partial charge in [0.2, 0.25) is 5.88 Å². The number of ether oxygens (including phenoxy) is 1. The number of rotatable bonds is 3. The van der Waals surface area contributed by atoms with E-state index in [1.807, 2.05) is 45.0 Å². The van der Waals surface area contributed by atoms with Crippen LogP contribution >= 0.6 is 22.6 Å². The van der Waals surface area contributed by atoms with Gasteiger partial charge in [0.25, 0.3) is 0 Å². The van der Waals surface area contributed by atoms with Gasteiger partial charge in [-0.15, -0.1) is 0 Å². The molecular weight excluding hydrogens is 353 g/mol. The highest BCUT2D eigenvalue weighted by Gasteiger charge is 2.13. The molecule has 1 aromatic heterocycles. The summed E-state index contributed by atoms with van der Waals surface area (Å²) in [6, 6.07) is 7.80. The first-order valence-electron chi connectivity index (χ1n) is 6.05. The molecule has 100 valence electrons. The van der Waals surface area contributed by atoms with Crippen LogP contribution in [0.2, 0.25) is 0 Å². The molecule has 4 nitrogen and oxygen atoms in total. The Labute approximate surface area is 126 Å². The molecule has 1 aromatic carbocycles. The van der Waals surface area contributed by atoms with Crippen molar-refractivity contribution in [2.24, 2.45) is 0 Å². The fourth-order valence-corrected chi connectivity index (χ4v) is 2.02. The molecule has 2 N–H and O–H groups in total. The lowest BCUT2D eigenvalue weighted by Crippen LogP contribution is -2.06. The van der Waals surface area contributed by atoms with Crippen molar-refractivity contribution in [3.05, 3.63) is 39.2 Å². The van der Waals surface area contributed by atoms with E-state index >= 15 is 0 Å². The van der Waals surface area contributed by atoms with Gasteiger partial charge in [-0.1, -0.05) is 26.0 Å². The first kappa shape index (κ1) is 14.0. The molecule has 0 unspecified atom stereocenters. The van der Waals surface area contributed by atoms with Crippen LogP contribution in [-0.2, 0) is 0 Å². The minimum absolute atomic E-state index is 0.208. The van der Waals surface area contributed by atoms with Gasteiger partial charge in [0.1, 0.15) is 17.4 Å². The molecule has 0 radical (unpaired) electrons. The maximum absolute atomic E-state index is 5.92. The van der Waals surface area contributed by atoms with Gasteiger partial charge >= 0.3 is 0 Å². The molecule has 19 heavy (non-hydrogen) atoms. The standard InChI is InChI=1S/C14H16IN3O/c1-8(2)13-17-12(16)9(3)14(18-13)19-11-7-5-4-6-10(11)15/h4-8H,1-3H3,(H2,16,17,18). The van der Waals surface area contributed by atoms with Crippen molar-refractivity contribution in [1.29, 1.82) is 0 Å². The van der Waals surface area contributed by atoms with Crippen molar-refractivity contribution >= 4 is 28.4 Å². The number of nitrogens with zero attached hydrogens (tertiary/aromatic N) is 2. The smallest absolute Gasteiger partial charge is 0.227 e. The third kappa shape index (κ3) is 3.15. The monoisotopic (exact) mass is 369 g/mol. The molecule has 1 heterocycles. The number of halogens is 1. The number of aromatic nitrogens is 2. The van der Waals surface area contributed by atoms with E-state index in [1.54, 1.807) is 0 Å². The zero-order valence-electron chi connectivity index (χ0n) is 11.1. The van der Waals surface area contributed by atoms with Crippen LogP contribution in [0, 0.1) is 10.5 Å². The summed E-state index contributed by atoms with van der Waals surface area (Å²) in [4.78, 5) is 8.73. The maximum atomic E-state index is 5.92. The molecular formula is C14H16IN3O. The van der Waals surface area contributed by atoms with Crippen LogP contribution in [0.5, 0.6) is 11.6 Å². The highest BCUT2D eigenvalue weighted by molar-refractivity contribution is 14.1. The van der Waals surface area contributed by atoms with Gasteiger partial charge in [0.05, 0.1) is 9.13 Å². The van der Waals surface area contributed by atoms with E-state index in [9.17, 15) is 0 Å². The molecule has 0 aliphatic carbocycles. The van der Waals surface area contributed by atoms with Crippen LogP contribution in [0.4, 0.5) is 5.82 Å². The summed E-state index contributed by atoms with van der Waals surface area (Å²) in [6.07, 6.45) is 0. The predicted molar refractivity (Wildman–Crippen MR) is 84.5 cm³/mol. The third-order valence-corrected chi connectivity index (χ3v) is 3.61. The Morgan fingerprint density at radius 3 is 2.53 bits per heavy atom. The van der Waals surface area contributed by atoms with Gasteiger partial charge in [0.15, 0.2) is 0 Å². The lowest BCUT2D eigenvalue weighted by atomic mass is 10.2. The lowest BCUT2D eigenvalue weighted by molar-refractivity contribution is 0.450. The Bertz CT molecular complexity index is 599. The van der Waals surface area contributed by atoms with E-state index in [0.717, 1.165) is 14.9 Å². The summed E-state index contributed by atoms with van der Waals surface area (Å²) >= 11 is 2.23. The zero-order valence-corrected chi connectivity index (χ0v) is 13.3. The molecule has 0 aliphatic heterocycles. The van der Waals surface area contributed by atoms with Crippen LogP contribution in [0.25, 0.3) is 0 Å². The number of nitrogens with two attached hydrogens (primary N) is 1. The number of benzene rings is 1. The Morgan fingerprint density at radius 1 is 1.21 bits per heavy atom. The van der Waals surface area contributed by atoms with Crippen LogP contribution in [-0.4, -0.2) is 9.97 Å². The largest absolute Gasteiger partial charge is 0.437 e. The van der Waals surface area contributed by atoms with E-state index in [1.165, 1.54) is 0 Å². The van der Waals surface area contributed by atoms with E-state index in [-0.39, 0.29) is 5.92 Å². The Balaban J connectivity index is 2.42. The van der Waals surface area contributed by atoms with Crippen LogP contribution in [0.15, 0.2) is 24.3 Å². The molecule has 0 saturated carbocycles. The molecule has 0 fully saturated rings. The Morgan fingerprint density at radius 2 is 1.89 bits per heavy atom. The van der Waals surface area contributed by atoms with Crippen molar-refractivity contribution in [3.8, 4) is 11.6 Å². The fraction of sp³-hybridized carbons (Fsp3) is 0.286. The second-order valence-electron chi connectivity index (χ2n) is 4.58. The van der Waals surface area contributed by atoms with Gasteiger partial charge < -0.3 is 10.5 Å². The number of para-hydroxylation sites is 1. The minimum atomic E-state index is 0.208. The fourth-order valence-electron chi connectivity index (χ4n) is 1.52. The van der Waals surface area contributed by atoms with Gasteiger partial charge in [-0.3, -0.25) is 0 Å². The lowest BCUT2D eigenvalue weighted by Gasteiger charge is -2.13. The first-order valence-corrected chi connectivity index (χ1v) is 7.13. The summed E-state index contributed by atoms with van der Waals surface area (Å²) in [6.45, 7) is 5.92. The molecule has 5 heteroatoms. The second-order valence-corrected chi connectivity index (χ2v) is 5.75. The van der Waals surface area contributed by atoms with Crippen LogP contribution in [0.1, 0.15) is 31.2 Å². The molecule has 0 saturated heterocycles. The topological polar surface area (TPSA) is 61.0 Å². The summed E-state index contributed by atoms with van der Waals surface area (Å²) in [5.74, 6) is 2.68. The summed E-state index contributed by atoms with van der Waals surface area (Å²) in [7, 11) is 0. The highest BCUT2D eigenvalue weighted by atomic mass is 127. The van der Waals surface area contributed by atoms with Crippen molar-refractivity contribution in [3.63, 3.8) is 0 Å². The molecule has 0 aliphatic rings. The van der Waals surface area contributed by atoms with E-state index < -0.39 is 0 Å². The van der Waals surface area contributed by atoms with Gasteiger partial charge in [-0.05, 0) is 41.6 Å². The number of hydrogen-bond donors (Lipinski definition) is 1. The van der Waals surface area contributed by atoms with Gasteiger partial charge in [-0.25, -0.2) is 4.98 Å². The first-order chi connectivity index (χ1) is 8.99. The number of hydrogen-bond acceptors (Lipinski definition) is 4. The molecule has 0 spiro atoms. The van der Waals surface area contributed by atoms with Gasteiger partial charge in [0, 0.05) is 5.92 Å². The summed E-state index contributed by atoms with van der Waals surface area (Å²) in [5, 5.41) is 0. The Kier molecular flexibility index (Phi) is 4.24. The van der Waals surface area contributed by atoms with E-state index in [2.05, 4.69) is 32.6 Å². The Hall–Kier alpha value is -1.37. The SMILES string of the molecule is Cc1c(N)nc(C(C)C)nc1Oc1ccccc1I. The highest BCUT2D eigenvalue weighted by Crippen LogP contribution is 2.30. The van der Waals surface area contributed by atoms with Crippen LogP contribution in [0.3, 0.4) is 0 Å². The molecule has 0 amide bonds. The average molecular weight is 369 g/mol. The maximum Gasteiger partial charge on any atom is 0.227 e. The predicted octanol–water partition coefficient (Wildman–Crippen LogP) is 3.89. The number of anilines is 1.